The van der Waals surface area contributed by atoms with Crippen LogP contribution < -0.4 is 5.32 Å². The van der Waals surface area contributed by atoms with Gasteiger partial charge in [-0.3, -0.25) is 14.4 Å². The first-order valence-electron chi connectivity index (χ1n) is 9.50. The second-order valence-corrected chi connectivity index (χ2v) is 8.34. The predicted molar refractivity (Wildman–Crippen MR) is 104 cm³/mol. The van der Waals surface area contributed by atoms with Gasteiger partial charge in [0.05, 0.1) is 5.92 Å². The van der Waals surface area contributed by atoms with Crippen LogP contribution >= 0.6 is 0 Å². The molecule has 6 nitrogen and oxygen atoms in total. The Balaban J connectivity index is 1.85. The van der Waals surface area contributed by atoms with E-state index in [-0.39, 0.29) is 42.8 Å². The van der Waals surface area contributed by atoms with Crippen LogP contribution in [0.2, 0.25) is 0 Å². The van der Waals surface area contributed by atoms with E-state index >= 15 is 0 Å². The number of likely N-dealkylation sites (tertiary alicyclic amines) is 1. The van der Waals surface area contributed by atoms with Gasteiger partial charge in [0.15, 0.2) is 0 Å². The number of piperidine rings is 1. The minimum atomic E-state index is -0.855. The van der Waals surface area contributed by atoms with Crippen LogP contribution in [0.5, 0.6) is 0 Å². The van der Waals surface area contributed by atoms with Gasteiger partial charge in [-0.25, -0.2) is 0 Å². The lowest BCUT2D eigenvalue weighted by atomic mass is 9.87. The van der Waals surface area contributed by atoms with Crippen LogP contribution in [0.4, 0.5) is 0 Å². The van der Waals surface area contributed by atoms with Gasteiger partial charge in [0, 0.05) is 31.1 Å². The van der Waals surface area contributed by atoms with Crippen LogP contribution in [-0.2, 0) is 15.0 Å². The van der Waals surface area contributed by atoms with E-state index in [2.05, 4.69) is 26.1 Å². The third-order valence-electron chi connectivity index (χ3n) is 5.19. The smallest absolute Gasteiger partial charge is 0.308 e. The number of nitrogens with zero attached hydrogens (tertiary/aromatic N) is 1. The van der Waals surface area contributed by atoms with E-state index < -0.39 is 11.9 Å². The van der Waals surface area contributed by atoms with E-state index in [9.17, 15) is 19.5 Å². The first-order chi connectivity index (χ1) is 12.6. The monoisotopic (exact) mass is 374 g/mol. The molecule has 1 fully saturated rings. The van der Waals surface area contributed by atoms with Crippen LogP contribution in [0, 0.1) is 5.92 Å². The molecular formula is C21H30N2O4. The molecule has 0 aromatic heterocycles. The average Bonchev–Trinajstić information content (AvgIpc) is 2.61. The zero-order chi connectivity index (χ0) is 20.2. The number of hydrogen-bond donors (Lipinski definition) is 2. The van der Waals surface area contributed by atoms with Crippen LogP contribution in [0.25, 0.3) is 0 Å². The summed E-state index contributed by atoms with van der Waals surface area (Å²) in [4.78, 5) is 37.5. The Morgan fingerprint density at radius 3 is 2.33 bits per heavy atom. The van der Waals surface area contributed by atoms with E-state index in [0.717, 1.165) is 5.56 Å². The van der Waals surface area contributed by atoms with Crippen molar-refractivity contribution in [1.82, 2.24) is 10.2 Å². The summed E-state index contributed by atoms with van der Waals surface area (Å²) in [5.41, 5.74) is 1.74. The van der Waals surface area contributed by atoms with Gasteiger partial charge in [-0.2, -0.15) is 0 Å². The van der Waals surface area contributed by atoms with Crippen LogP contribution in [-0.4, -0.2) is 46.9 Å². The number of nitrogens with one attached hydrogen (secondary N) is 1. The summed E-state index contributed by atoms with van der Waals surface area (Å²) in [5, 5.41) is 11.9. The van der Waals surface area contributed by atoms with Crippen molar-refractivity contribution in [3.63, 3.8) is 0 Å². The third kappa shape index (κ3) is 5.55. The molecule has 2 rings (SSSR count). The number of carboxylic acid groups (broad SMARTS) is 1. The fourth-order valence-corrected chi connectivity index (χ4v) is 3.31. The second kappa shape index (κ2) is 8.55. The van der Waals surface area contributed by atoms with E-state index in [1.165, 1.54) is 0 Å². The number of carboxylic acids is 1. The number of carbonyl (C=O) groups is 3. The molecule has 2 amide bonds. The van der Waals surface area contributed by atoms with Crippen LogP contribution in [0.15, 0.2) is 24.3 Å². The number of carbonyl (C=O) groups excluding carboxylic acids is 2. The maximum Gasteiger partial charge on any atom is 0.308 e. The molecular weight excluding hydrogens is 344 g/mol. The van der Waals surface area contributed by atoms with Crippen molar-refractivity contribution in [3.8, 4) is 0 Å². The largest absolute Gasteiger partial charge is 0.481 e. The van der Waals surface area contributed by atoms with Gasteiger partial charge in [-0.15, -0.1) is 0 Å². The normalized spacial score (nSPS) is 20.2. The van der Waals surface area contributed by atoms with Crippen molar-refractivity contribution >= 4 is 17.8 Å². The van der Waals surface area contributed by atoms with Crippen molar-refractivity contribution in [3.05, 3.63) is 35.4 Å². The SMILES string of the molecule is CC1CCC(C(=O)O)CN1C(=O)CCNC(=O)c1ccc(C(C)(C)C)cc1. The Morgan fingerprint density at radius 2 is 1.78 bits per heavy atom. The average molecular weight is 374 g/mol. The molecule has 0 spiro atoms. The first-order valence-corrected chi connectivity index (χ1v) is 9.50. The Morgan fingerprint density at radius 1 is 1.15 bits per heavy atom. The molecule has 0 saturated carbocycles. The summed E-state index contributed by atoms with van der Waals surface area (Å²) in [6.07, 6.45) is 1.46. The lowest BCUT2D eigenvalue weighted by Gasteiger charge is -2.36. The Kier molecular flexibility index (Phi) is 6.63. The molecule has 1 aromatic carbocycles. The summed E-state index contributed by atoms with van der Waals surface area (Å²) in [7, 11) is 0. The maximum absolute atomic E-state index is 12.4. The standard InChI is InChI=1S/C21H30N2O4/c1-14-5-6-16(20(26)27)13-23(14)18(24)11-12-22-19(25)15-7-9-17(10-8-15)21(2,3)4/h7-10,14,16H,5-6,11-13H2,1-4H3,(H,22,25)(H,26,27). The molecule has 1 saturated heterocycles. The van der Waals surface area contributed by atoms with E-state index in [4.69, 9.17) is 0 Å². The quantitative estimate of drug-likeness (QED) is 0.830. The first kappa shape index (κ1) is 20.9. The second-order valence-electron chi connectivity index (χ2n) is 8.34. The van der Waals surface area contributed by atoms with Crippen molar-refractivity contribution in [2.24, 2.45) is 5.92 Å². The van der Waals surface area contributed by atoms with Crippen LogP contribution in [0.3, 0.4) is 0 Å². The van der Waals surface area contributed by atoms with Crippen LogP contribution in [0.1, 0.15) is 62.9 Å². The molecule has 1 heterocycles. The van der Waals surface area contributed by atoms with E-state index in [1.807, 2.05) is 19.1 Å². The van der Waals surface area contributed by atoms with Gasteiger partial charge in [-0.05, 0) is 42.9 Å². The number of benzene rings is 1. The minimum absolute atomic E-state index is 0.0281. The Bertz CT molecular complexity index is 691. The molecule has 1 aromatic rings. The summed E-state index contributed by atoms with van der Waals surface area (Å²) in [6, 6.07) is 7.51. The highest BCUT2D eigenvalue weighted by molar-refractivity contribution is 5.94. The zero-order valence-corrected chi connectivity index (χ0v) is 16.6. The predicted octanol–water partition coefficient (Wildman–Crippen LogP) is 2.82. The molecule has 1 aliphatic rings. The summed E-state index contributed by atoms with van der Waals surface area (Å²) >= 11 is 0. The van der Waals surface area contributed by atoms with Crippen molar-refractivity contribution < 1.29 is 19.5 Å². The Hall–Kier alpha value is -2.37. The molecule has 2 atom stereocenters. The zero-order valence-electron chi connectivity index (χ0n) is 16.6. The molecule has 2 N–H and O–H groups in total. The molecule has 0 radical (unpaired) electrons. The van der Waals surface area contributed by atoms with Gasteiger partial charge in [0.2, 0.25) is 5.91 Å². The number of amides is 2. The summed E-state index contributed by atoms with van der Waals surface area (Å²) in [6.45, 7) is 8.76. The van der Waals surface area contributed by atoms with Gasteiger partial charge >= 0.3 is 5.97 Å². The van der Waals surface area contributed by atoms with Gasteiger partial charge in [0.1, 0.15) is 0 Å². The van der Waals surface area contributed by atoms with E-state index in [1.54, 1.807) is 17.0 Å². The highest BCUT2D eigenvalue weighted by atomic mass is 16.4. The van der Waals surface area contributed by atoms with Crippen molar-refractivity contribution in [2.45, 2.75) is 58.4 Å². The lowest BCUT2D eigenvalue weighted by Crippen LogP contribution is -2.48. The van der Waals surface area contributed by atoms with Gasteiger partial charge < -0.3 is 15.3 Å². The summed E-state index contributed by atoms with van der Waals surface area (Å²) < 4.78 is 0. The van der Waals surface area contributed by atoms with E-state index in [0.29, 0.717) is 18.4 Å². The molecule has 6 heteroatoms. The lowest BCUT2D eigenvalue weighted by molar-refractivity contribution is -0.147. The molecule has 0 aliphatic carbocycles. The van der Waals surface area contributed by atoms with Crippen molar-refractivity contribution in [2.75, 3.05) is 13.1 Å². The fourth-order valence-electron chi connectivity index (χ4n) is 3.31. The Labute approximate surface area is 160 Å². The topological polar surface area (TPSA) is 86.7 Å². The molecule has 1 aliphatic heterocycles. The molecule has 2 unspecified atom stereocenters. The number of hydrogen-bond acceptors (Lipinski definition) is 3. The molecule has 148 valence electrons. The van der Waals surface area contributed by atoms with Crippen molar-refractivity contribution in [1.29, 1.82) is 0 Å². The van der Waals surface area contributed by atoms with Gasteiger partial charge in [-0.1, -0.05) is 32.9 Å². The highest BCUT2D eigenvalue weighted by Crippen LogP contribution is 2.23. The number of aliphatic carboxylic acids is 1. The molecule has 0 bridgehead atoms. The van der Waals surface area contributed by atoms with Gasteiger partial charge in [0.25, 0.3) is 5.91 Å². The summed E-state index contributed by atoms with van der Waals surface area (Å²) in [5.74, 6) is -1.68. The third-order valence-corrected chi connectivity index (χ3v) is 5.19. The fraction of sp³-hybridized carbons (Fsp3) is 0.571. The molecule has 27 heavy (non-hydrogen) atoms. The maximum atomic E-state index is 12.4. The highest BCUT2D eigenvalue weighted by Gasteiger charge is 2.32. The number of rotatable bonds is 5. The minimum Gasteiger partial charge on any atom is -0.481 e.